The van der Waals surface area contributed by atoms with Gasteiger partial charge >= 0.3 is 5.97 Å². The molecule has 106 valence electrons. The highest BCUT2D eigenvalue weighted by molar-refractivity contribution is 6.15. The van der Waals surface area contributed by atoms with E-state index in [2.05, 4.69) is 0 Å². The van der Waals surface area contributed by atoms with Crippen LogP contribution in [0.25, 0.3) is 0 Å². The summed E-state index contributed by atoms with van der Waals surface area (Å²) in [5.41, 5.74) is -0.876. The highest BCUT2D eigenvalue weighted by Crippen LogP contribution is 2.26. The van der Waals surface area contributed by atoms with Crippen LogP contribution in [0.3, 0.4) is 0 Å². The van der Waals surface area contributed by atoms with Crippen LogP contribution in [-0.4, -0.2) is 26.9 Å². The second-order valence-electron chi connectivity index (χ2n) is 4.14. The van der Waals surface area contributed by atoms with Gasteiger partial charge in [0.2, 0.25) is 0 Å². The number of non-ortho nitro benzene ring substituents is 1. The van der Waals surface area contributed by atoms with Gasteiger partial charge in [-0.25, -0.2) is 4.79 Å². The number of nitro benzene ring substituents is 1. The first-order valence-electron chi connectivity index (χ1n) is 5.76. The minimum Gasteiger partial charge on any atom is -0.507 e. The van der Waals surface area contributed by atoms with Crippen molar-refractivity contribution < 1.29 is 24.7 Å². The molecule has 0 saturated heterocycles. The summed E-state index contributed by atoms with van der Waals surface area (Å²) in [5, 5.41) is 29.4. The summed E-state index contributed by atoms with van der Waals surface area (Å²) >= 11 is 0. The average molecular weight is 287 g/mol. The number of nitro groups is 1. The lowest BCUT2D eigenvalue weighted by molar-refractivity contribution is -0.384. The molecular weight excluding hydrogens is 278 g/mol. The second kappa shape index (κ2) is 5.41. The Morgan fingerprint density at radius 2 is 1.62 bits per heavy atom. The van der Waals surface area contributed by atoms with E-state index in [9.17, 15) is 24.8 Å². The van der Waals surface area contributed by atoms with E-state index in [1.54, 1.807) is 0 Å². The number of carbonyl (C=O) groups excluding carboxylic acids is 1. The number of hydrogen-bond acceptors (Lipinski definition) is 5. The maximum Gasteiger partial charge on any atom is 0.336 e. The van der Waals surface area contributed by atoms with E-state index in [-0.39, 0.29) is 22.4 Å². The molecule has 0 amide bonds. The highest BCUT2D eigenvalue weighted by Gasteiger charge is 2.21. The Bertz CT molecular complexity index is 753. The maximum atomic E-state index is 12.3. The van der Waals surface area contributed by atoms with Crippen molar-refractivity contribution in [3.05, 3.63) is 69.3 Å². The second-order valence-corrected chi connectivity index (χ2v) is 4.14. The predicted octanol–water partition coefficient (Wildman–Crippen LogP) is 2.23. The van der Waals surface area contributed by atoms with Crippen molar-refractivity contribution in [2.45, 2.75) is 0 Å². The zero-order chi connectivity index (χ0) is 15.6. The molecule has 2 aromatic rings. The number of ketones is 1. The number of carboxylic acids is 1. The Morgan fingerprint density at radius 1 is 1.00 bits per heavy atom. The number of phenolic OH excluding ortho intramolecular Hbond substituents is 1. The molecule has 0 aromatic heterocycles. The number of nitrogens with zero attached hydrogens (tertiary/aromatic N) is 1. The van der Waals surface area contributed by atoms with Gasteiger partial charge in [0.05, 0.1) is 22.1 Å². The lowest BCUT2D eigenvalue weighted by atomic mass is 9.97. The summed E-state index contributed by atoms with van der Waals surface area (Å²) in [4.78, 5) is 33.2. The fourth-order valence-corrected chi connectivity index (χ4v) is 1.84. The number of rotatable bonds is 4. The van der Waals surface area contributed by atoms with Gasteiger partial charge in [0.1, 0.15) is 5.75 Å². The van der Waals surface area contributed by atoms with Crippen molar-refractivity contribution in [3.8, 4) is 5.75 Å². The summed E-state index contributed by atoms with van der Waals surface area (Å²) in [7, 11) is 0. The molecule has 0 spiro atoms. The van der Waals surface area contributed by atoms with Gasteiger partial charge in [-0.2, -0.15) is 0 Å². The lowest BCUT2D eigenvalue weighted by Gasteiger charge is -2.06. The largest absolute Gasteiger partial charge is 0.507 e. The summed E-state index contributed by atoms with van der Waals surface area (Å²) in [6.07, 6.45) is 0. The van der Waals surface area contributed by atoms with E-state index in [0.717, 1.165) is 18.2 Å². The van der Waals surface area contributed by atoms with E-state index in [0.29, 0.717) is 0 Å². The molecule has 0 aliphatic carbocycles. The van der Waals surface area contributed by atoms with Crippen molar-refractivity contribution in [3.63, 3.8) is 0 Å². The van der Waals surface area contributed by atoms with Gasteiger partial charge in [0.15, 0.2) is 5.78 Å². The van der Waals surface area contributed by atoms with E-state index >= 15 is 0 Å². The molecule has 0 aliphatic heterocycles. The van der Waals surface area contributed by atoms with Crippen LogP contribution in [0.4, 0.5) is 5.69 Å². The number of phenols is 1. The predicted molar refractivity (Wildman–Crippen MR) is 71.6 cm³/mol. The SMILES string of the molecule is O=C(O)c1ccccc1C(=O)c1ccc([N+](=O)[O-])cc1O. The van der Waals surface area contributed by atoms with Gasteiger partial charge in [-0.1, -0.05) is 18.2 Å². The van der Waals surface area contributed by atoms with Crippen molar-refractivity contribution in [2.24, 2.45) is 0 Å². The quantitative estimate of drug-likeness (QED) is 0.505. The summed E-state index contributed by atoms with van der Waals surface area (Å²) < 4.78 is 0. The van der Waals surface area contributed by atoms with Crippen LogP contribution in [0, 0.1) is 10.1 Å². The molecule has 7 heteroatoms. The third kappa shape index (κ3) is 2.71. The first kappa shape index (κ1) is 14.2. The van der Waals surface area contributed by atoms with Gasteiger partial charge in [-0.3, -0.25) is 14.9 Å². The minimum atomic E-state index is -1.28. The molecular formula is C14H9NO6. The molecule has 0 unspecified atom stereocenters. The number of benzene rings is 2. The molecule has 0 saturated carbocycles. The monoisotopic (exact) mass is 287 g/mol. The molecule has 0 radical (unpaired) electrons. The van der Waals surface area contributed by atoms with Crippen LogP contribution in [0.1, 0.15) is 26.3 Å². The van der Waals surface area contributed by atoms with Gasteiger partial charge < -0.3 is 10.2 Å². The Hall–Kier alpha value is -3.22. The molecule has 7 nitrogen and oxygen atoms in total. The third-order valence-electron chi connectivity index (χ3n) is 2.84. The van der Waals surface area contributed by atoms with E-state index in [4.69, 9.17) is 5.11 Å². The van der Waals surface area contributed by atoms with Crippen LogP contribution < -0.4 is 0 Å². The Balaban J connectivity index is 2.51. The lowest BCUT2D eigenvalue weighted by Crippen LogP contribution is -2.09. The van der Waals surface area contributed by atoms with E-state index in [1.807, 2.05) is 0 Å². The number of carbonyl (C=O) groups is 2. The van der Waals surface area contributed by atoms with Crippen LogP contribution in [0.2, 0.25) is 0 Å². The number of carboxylic acid groups (broad SMARTS) is 1. The Labute approximate surface area is 118 Å². The maximum absolute atomic E-state index is 12.3. The molecule has 0 fully saturated rings. The van der Waals surface area contributed by atoms with Gasteiger partial charge in [-0.05, 0) is 12.1 Å². The Morgan fingerprint density at radius 3 is 2.14 bits per heavy atom. The molecule has 2 rings (SSSR count). The fraction of sp³-hybridized carbons (Fsp3) is 0. The topological polar surface area (TPSA) is 118 Å². The van der Waals surface area contributed by atoms with Crippen molar-refractivity contribution in [1.29, 1.82) is 0 Å². The first-order valence-corrected chi connectivity index (χ1v) is 5.76. The molecule has 0 atom stereocenters. The van der Waals surface area contributed by atoms with E-state index < -0.39 is 22.4 Å². The standard InChI is InChI=1S/C14H9NO6/c16-12-7-8(15(20)21)5-6-11(12)13(17)9-3-1-2-4-10(9)14(18)19/h1-7,16H,(H,18,19). The first-order chi connectivity index (χ1) is 9.91. The molecule has 2 N–H and O–H groups in total. The molecule has 21 heavy (non-hydrogen) atoms. The van der Waals surface area contributed by atoms with Crippen LogP contribution in [-0.2, 0) is 0 Å². The molecule has 0 heterocycles. The normalized spacial score (nSPS) is 10.1. The van der Waals surface area contributed by atoms with Crippen molar-refractivity contribution >= 4 is 17.4 Å². The average Bonchev–Trinajstić information content (AvgIpc) is 2.46. The third-order valence-corrected chi connectivity index (χ3v) is 2.84. The zero-order valence-corrected chi connectivity index (χ0v) is 10.5. The van der Waals surface area contributed by atoms with Crippen LogP contribution in [0.5, 0.6) is 5.75 Å². The van der Waals surface area contributed by atoms with Gasteiger partial charge in [-0.15, -0.1) is 0 Å². The highest BCUT2D eigenvalue weighted by atomic mass is 16.6. The Kier molecular flexibility index (Phi) is 3.66. The fourth-order valence-electron chi connectivity index (χ4n) is 1.84. The van der Waals surface area contributed by atoms with Crippen LogP contribution >= 0.6 is 0 Å². The van der Waals surface area contributed by atoms with Crippen molar-refractivity contribution in [1.82, 2.24) is 0 Å². The summed E-state index contributed by atoms with van der Waals surface area (Å²) in [6.45, 7) is 0. The summed E-state index contributed by atoms with van der Waals surface area (Å²) in [5.74, 6) is -2.57. The van der Waals surface area contributed by atoms with E-state index in [1.165, 1.54) is 24.3 Å². The van der Waals surface area contributed by atoms with Crippen LogP contribution in [0.15, 0.2) is 42.5 Å². The van der Waals surface area contributed by atoms with Gasteiger partial charge in [0.25, 0.3) is 5.69 Å². The number of aromatic carboxylic acids is 1. The summed E-state index contributed by atoms with van der Waals surface area (Å²) in [6, 6.07) is 8.53. The molecule has 2 aromatic carbocycles. The molecule has 0 bridgehead atoms. The zero-order valence-electron chi connectivity index (χ0n) is 10.5. The van der Waals surface area contributed by atoms with Gasteiger partial charge in [0, 0.05) is 11.6 Å². The minimum absolute atomic E-state index is 0.103. The molecule has 0 aliphatic rings. The van der Waals surface area contributed by atoms with Crippen molar-refractivity contribution in [2.75, 3.05) is 0 Å². The number of aromatic hydroxyl groups is 1. The smallest absolute Gasteiger partial charge is 0.336 e. The number of hydrogen-bond donors (Lipinski definition) is 2.